The second-order valence-corrected chi connectivity index (χ2v) is 5.73. The minimum Gasteiger partial charge on any atom is -0.319 e. The molecule has 1 spiro atoms. The summed E-state index contributed by atoms with van der Waals surface area (Å²) in [7, 11) is 0. The van der Waals surface area contributed by atoms with Crippen LogP contribution in [0.2, 0.25) is 0 Å². The van der Waals surface area contributed by atoms with Gasteiger partial charge >= 0.3 is 6.03 Å². The molecule has 1 aromatic carbocycles. The first-order chi connectivity index (χ1) is 10.6. The summed E-state index contributed by atoms with van der Waals surface area (Å²) in [6, 6.07) is 6.81. The van der Waals surface area contributed by atoms with E-state index in [-0.39, 0.29) is 11.8 Å². The van der Waals surface area contributed by atoms with Gasteiger partial charge in [-0.25, -0.2) is 4.79 Å². The topological polar surface area (TPSA) is 78.5 Å². The van der Waals surface area contributed by atoms with Crippen LogP contribution in [-0.2, 0) is 15.1 Å². The first-order valence-corrected chi connectivity index (χ1v) is 7.62. The molecule has 2 aliphatic heterocycles. The van der Waals surface area contributed by atoms with Crippen LogP contribution < -0.4 is 15.5 Å². The quantitative estimate of drug-likeness (QED) is 0.833. The lowest BCUT2D eigenvalue weighted by molar-refractivity contribution is -0.125. The highest BCUT2D eigenvalue weighted by molar-refractivity contribution is 6.09. The maximum absolute atomic E-state index is 12.4. The summed E-state index contributed by atoms with van der Waals surface area (Å²) in [6.07, 6.45) is 2.69. The monoisotopic (exact) mass is 301 g/mol. The Morgan fingerprint density at radius 1 is 1.32 bits per heavy atom. The van der Waals surface area contributed by atoms with E-state index in [0.29, 0.717) is 30.6 Å². The number of para-hydroxylation sites is 1. The van der Waals surface area contributed by atoms with Crippen molar-refractivity contribution in [3.63, 3.8) is 0 Å². The van der Waals surface area contributed by atoms with E-state index in [0.717, 1.165) is 12.8 Å². The SMILES string of the molecule is CCCCC(=O)N1CCC2(NC(=O)NC2=O)c2ccccc21. The predicted molar refractivity (Wildman–Crippen MR) is 81.3 cm³/mol. The van der Waals surface area contributed by atoms with Crippen molar-refractivity contribution in [2.45, 2.75) is 38.1 Å². The van der Waals surface area contributed by atoms with Crippen LogP contribution >= 0.6 is 0 Å². The van der Waals surface area contributed by atoms with Crippen molar-refractivity contribution in [1.29, 1.82) is 0 Å². The smallest absolute Gasteiger partial charge is 0.319 e. The summed E-state index contributed by atoms with van der Waals surface area (Å²) in [5.74, 6) is -0.278. The van der Waals surface area contributed by atoms with Crippen molar-refractivity contribution in [1.82, 2.24) is 10.6 Å². The molecule has 6 heteroatoms. The van der Waals surface area contributed by atoms with E-state index in [4.69, 9.17) is 0 Å². The number of carbonyl (C=O) groups is 3. The van der Waals surface area contributed by atoms with E-state index in [1.807, 2.05) is 25.1 Å². The Bertz CT molecular complexity index is 643. The van der Waals surface area contributed by atoms with Gasteiger partial charge in [0, 0.05) is 30.6 Å². The minimum absolute atomic E-state index is 0.0638. The van der Waals surface area contributed by atoms with Gasteiger partial charge in [0.15, 0.2) is 0 Å². The van der Waals surface area contributed by atoms with Crippen LogP contribution in [0.5, 0.6) is 0 Å². The fraction of sp³-hybridized carbons (Fsp3) is 0.438. The Morgan fingerprint density at radius 3 is 2.77 bits per heavy atom. The van der Waals surface area contributed by atoms with Gasteiger partial charge in [0.2, 0.25) is 5.91 Å². The summed E-state index contributed by atoms with van der Waals surface area (Å²) < 4.78 is 0. The van der Waals surface area contributed by atoms with Gasteiger partial charge in [-0.2, -0.15) is 0 Å². The number of carbonyl (C=O) groups excluding carboxylic acids is 3. The first kappa shape index (κ1) is 14.6. The number of urea groups is 1. The van der Waals surface area contributed by atoms with E-state index < -0.39 is 11.6 Å². The fourth-order valence-corrected chi connectivity index (χ4v) is 3.18. The molecule has 2 N–H and O–H groups in total. The van der Waals surface area contributed by atoms with Gasteiger partial charge < -0.3 is 10.2 Å². The van der Waals surface area contributed by atoms with Crippen molar-refractivity contribution in [2.24, 2.45) is 0 Å². The zero-order valence-electron chi connectivity index (χ0n) is 12.5. The van der Waals surface area contributed by atoms with Crippen LogP contribution in [0.1, 0.15) is 38.2 Å². The minimum atomic E-state index is -1.05. The molecule has 1 saturated heterocycles. The van der Waals surface area contributed by atoms with Gasteiger partial charge in [-0.15, -0.1) is 0 Å². The van der Waals surface area contributed by atoms with E-state index in [2.05, 4.69) is 10.6 Å². The molecule has 1 fully saturated rings. The van der Waals surface area contributed by atoms with Crippen molar-refractivity contribution < 1.29 is 14.4 Å². The second kappa shape index (κ2) is 5.44. The number of benzene rings is 1. The van der Waals surface area contributed by atoms with Crippen molar-refractivity contribution in [3.8, 4) is 0 Å². The Morgan fingerprint density at radius 2 is 2.09 bits per heavy atom. The molecule has 2 heterocycles. The normalized spacial score (nSPS) is 23.2. The molecular formula is C16H19N3O3. The molecule has 3 rings (SSSR count). The molecule has 1 aromatic rings. The summed E-state index contributed by atoms with van der Waals surface area (Å²) in [5, 5.41) is 5.04. The maximum Gasteiger partial charge on any atom is 0.322 e. The van der Waals surface area contributed by atoms with Crippen LogP contribution in [0.4, 0.5) is 10.5 Å². The largest absolute Gasteiger partial charge is 0.322 e. The standard InChI is InChI=1S/C16H19N3O3/c1-2-3-8-13(20)19-10-9-16(14(21)17-15(22)18-16)11-6-4-5-7-12(11)19/h4-7H,2-3,8-10H2,1H3,(H2,17,18,21,22). The van der Waals surface area contributed by atoms with Crippen molar-refractivity contribution in [2.75, 3.05) is 11.4 Å². The number of anilines is 1. The average Bonchev–Trinajstić information content (AvgIpc) is 2.80. The summed E-state index contributed by atoms with van der Waals surface area (Å²) in [5.41, 5.74) is 0.358. The number of hydrogen-bond acceptors (Lipinski definition) is 3. The number of fused-ring (bicyclic) bond motifs is 2. The lowest BCUT2D eigenvalue weighted by atomic mass is 9.82. The Balaban J connectivity index is 1.99. The molecule has 0 radical (unpaired) electrons. The second-order valence-electron chi connectivity index (χ2n) is 5.73. The molecule has 4 amide bonds. The predicted octanol–water partition coefficient (Wildman–Crippen LogP) is 1.65. The summed E-state index contributed by atoms with van der Waals surface area (Å²) in [6.45, 7) is 2.47. The Labute approximate surface area is 128 Å². The van der Waals surface area contributed by atoms with Crippen LogP contribution in [0, 0.1) is 0 Å². The maximum atomic E-state index is 12.4. The first-order valence-electron chi connectivity index (χ1n) is 7.62. The molecule has 22 heavy (non-hydrogen) atoms. The molecule has 116 valence electrons. The van der Waals surface area contributed by atoms with Gasteiger partial charge in [0.25, 0.3) is 5.91 Å². The summed E-state index contributed by atoms with van der Waals surface area (Å²) >= 11 is 0. The van der Waals surface area contributed by atoms with Gasteiger partial charge in [-0.3, -0.25) is 14.9 Å². The third-order valence-corrected chi connectivity index (χ3v) is 4.35. The number of imide groups is 1. The van der Waals surface area contributed by atoms with Gasteiger partial charge in [-0.1, -0.05) is 31.5 Å². The molecule has 0 bridgehead atoms. The number of rotatable bonds is 3. The van der Waals surface area contributed by atoms with Crippen molar-refractivity contribution in [3.05, 3.63) is 29.8 Å². The van der Waals surface area contributed by atoms with Gasteiger partial charge in [0.05, 0.1) is 0 Å². The van der Waals surface area contributed by atoms with E-state index in [9.17, 15) is 14.4 Å². The molecular weight excluding hydrogens is 282 g/mol. The fourth-order valence-electron chi connectivity index (χ4n) is 3.18. The number of nitrogens with one attached hydrogen (secondary N) is 2. The molecule has 0 saturated carbocycles. The third kappa shape index (κ3) is 2.15. The van der Waals surface area contributed by atoms with Crippen molar-refractivity contribution >= 4 is 23.5 Å². The van der Waals surface area contributed by atoms with Crippen LogP contribution in [-0.4, -0.2) is 24.4 Å². The zero-order valence-corrected chi connectivity index (χ0v) is 12.5. The van der Waals surface area contributed by atoms with E-state index in [1.54, 1.807) is 11.0 Å². The average molecular weight is 301 g/mol. The lowest BCUT2D eigenvalue weighted by Gasteiger charge is -2.39. The molecule has 1 atom stereocenters. The molecule has 1 unspecified atom stereocenters. The third-order valence-electron chi connectivity index (χ3n) is 4.35. The molecule has 6 nitrogen and oxygen atoms in total. The van der Waals surface area contributed by atoms with E-state index >= 15 is 0 Å². The number of hydrogen-bond donors (Lipinski definition) is 2. The van der Waals surface area contributed by atoms with Crippen LogP contribution in [0.25, 0.3) is 0 Å². The molecule has 0 aliphatic carbocycles. The highest BCUT2D eigenvalue weighted by atomic mass is 16.2. The number of nitrogens with zero attached hydrogens (tertiary/aromatic N) is 1. The van der Waals surface area contributed by atoms with E-state index in [1.165, 1.54) is 0 Å². The summed E-state index contributed by atoms with van der Waals surface area (Å²) in [4.78, 5) is 38.0. The molecule has 0 aromatic heterocycles. The van der Waals surface area contributed by atoms with Crippen LogP contribution in [0.3, 0.4) is 0 Å². The van der Waals surface area contributed by atoms with Crippen LogP contribution in [0.15, 0.2) is 24.3 Å². The Hall–Kier alpha value is -2.37. The number of amides is 4. The molecule has 2 aliphatic rings. The van der Waals surface area contributed by atoms with Gasteiger partial charge in [0.1, 0.15) is 5.54 Å². The Kier molecular flexibility index (Phi) is 3.60. The lowest BCUT2D eigenvalue weighted by Crippen LogP contribution is -2.52. The highest BCUT2D eigenvalue weighted by Gasteiger charge is 2.51. The highest BCUT2D eigenvalue weighted by Crippen LogP contribution is 2.40. The zero-order chi connectivity index (χ0) is 15.7. The number of unbranched alkanes of at least 4 members (excludes halogenated alkanes) is 1. The van der Waals surface area contributed by atoms with Gasteiger partial charge in [-0.05, 0) is 12.5 Å².